The molecule has 0 aromatic carbocycles. The number of anilines is 1. The monoisotopic (exact) mass is 281 g/mol. The van der Waals surface area contributed by atoms with Crippen LogP contribution in [0.2, 0.25) is 0 Å². The maximum absolute atomic E-state index is 9.24. The minimum atomic E-state index is 0.672. The van der Waals surface area contributed by atoms with E-state index < -0.39 is 0 Å². The van der Waals surface area contributed by atoms with Gasteiger partial charge >= 0.3 is 0 Å². The fourth-order valence-electron chi connectivity index (χ4n) is 2.74. The first-order chi connectivity index (χ1) is 10.4. The summed E-state index contributed by atoms with van der Waals surface area (Å²) in [5, 5.41) is 12.6. The Bertz CT molecular complexity index is 639. The average Bonchev–Trinajstić information content (AvgIpc) is 3.16. The van der Waals surface area contributed by atoms with Crippen molar-refractivity contribution in [3.8, 4) is 6.07 Å². The summed E-state index contributed by atoms with van der Waals surface area (Å²) in [4.78, 5) is 8.65. The molecule has 0 saturated heterocycles. The van der Waals surface area contributed by atoms with E-state index in [1.165, 1.54) is 5.56 Å². The molecule has 0 fully saturated rings. The molecule has 2 heterocycles. The molecule has 0 bridgehead atoms. The van der Waals surface area contributed by atoms with Crippen LogP contribution in [0, 0.1) is 11.3 Å². The van der Waals surface area contributed by atoms with E-state index in [0.717, 1.165) is 56.7 Å². The lowest BCUT2D eigenvalue weighted by atomic mass is 10.1. The molecule has 5 nitrogen and oxygen atoms in total. The third-order valence-corrected chi connectivity index (χ3v) is 3.87. The highest BCUT2D eigenvalue weighted by Gasteiger charge is 2.15. The molecule has 0 aliphatic heterocycles. The van der Waals surface area contributed by atoms with Crippen LogP contribution < -0.4 is 5.32 Å². The van der Waals surface area contributed by atoms with Gasteiger partial charge in [0.2, 0.25) is 0 Å². The van der Waals surface area contributed by atoms with Gasteiger partial charge in [0.05, 0.1) is 11.9 Å². The lowest BCUT2D eigenvalue weighted by molar-refractivity contribution is 0.620. The lowest BCUT2D eigenvalue weighted by Gasteiger charge is -2.09. The van der Waals surface area contributed by atoms with Crippen LogP contribution in [0.4, 0.5) is 5.82 Å². The predicted octanol–water partition coefficient (Wildman–Crippen LogP) is 2.53. The first kappa shape index (κ1) is 13.6. The molecule has 0 unspecified atom stereocenters. The molecule has 0 spiro atoms. The van der Waals surface area contributed by atoms with Gasteiger partial charge in [-0.1, -0.05) is 0 Å². The number of imidazole rings is 1. The molecule has 0 amide bonds. The maximum Gasteiger partial charge on any atom is 0.144 e. The Labute approximate surface area is 124 Å². The molecule has 2 aromatic rings. The van der Waals surface area contributed by atoms with Crippen molar-refractivity contribution in [1.82, 2.24) is 14.5 Å². The Morgan fingerprint density at radius 1 is 1.33 bits per heavy atom. The van der Waals surface area contributed by atoms with E-state index in [0.29, 0.717) is 5.56 Å². The molecule has 5 heteroatoms. The summed E-state index contributed by atoms with van der Waals surface area (Å²) < 4.78 is 2.08. The molecule has 0 saturated carbocycles. The van der Waals surface area contributed by atoms with E-state index in [1.807, 2.05) is 18.6 Å². The highest BCUT2D eigenvalue weighted by atomic mass is 15.0. The number of pyridine rings is 1. The number of aromatic nitrogens is 3. The molecule has 0 radical (unpaired) electrons. The Hall–Kier alpha value is -2.35. The first-order valence-electron chi connectivity index (χ1n) is 7.49. The summed E-state index contributed by atoms with van der Waals surface area (Å²) >= 11 is 0. The van der Waals surface area contributed by atoms with Crippen molar-refractivity contribution >= 4 is 5.82 Å². The van der Waals surface area contributed by atoms with Crippen molar-refractivity contribution in [2.75, 3.05) is 11.9 Å². The number of nitrogens with zero attached hydrogens (tertiary/aromatic N) is 4. The van der Waals surface area contributed by atoms with E-state index in [-0.39, 0.29) is 0 Å². The van der Waals surface area contributed by atoms with Crippen LogP contribution in [0.3, 0.4) is 0 Å². The van der Waals surface area contributed by atoms with Gasteiger partial charge in [0.25, 0.3) is 0 Å². The largest absolute Gasteiger partial charge is 0.369 e. The van der Waals surface area contributed by atoms with Gasteiger partial charge in [-0.25, -0.2) is 9.97 Å². The predicted molar refractivity (Wildman–Crippen MR) is 80.9 cm³/mol. The summed E-state index contributed by atoms with van der Waals surface area (Å²) in [5.41, 5.74) is 3.08. The molecular formula is C16H19N5. The summed E-state index contributed by atoms with van der Waals surface area (Å²) in [6.45, 7) is 1.82. The van der Waals surface area contributed by atoms with E-state index in [1.54, 1.807) is 6.20 Å². The van der Waals surface area contributed by atoms with Crippen molar-refractivity contribution in [2.45, 2.75) is 38.6 Å². The highest BCUT2D eigenvalue weighted by molar-refractivity contribution is 5.55. The number of rotatable bonds is 6. The fraction of sp³-hybridized carbons (Fsp3) is 0.438. The van der Waals surface area contributed by atoms with Gasteiger partial charge in [0, 0.05) is 31.2 Å². The summed E-state index contributed by atoms with van der Waals surface area (Å²) in [6, 6.07) is 4.25. The van der Waals surface area contributed by atoms with E-state index in [9.17, 15) is 5.26 Å². The molecule has 1 aliphatic rings. The van der Waals surface area contributed by atoms with Gasteiger partial charge in [0.15, 0.2) is 0 Å². The van der Waals surface area contributed by atoms with Crippen LogP contribution in [0.5, 0.6) is 0 Å². The molecule has 1 N–H and O–H groups in total. The van der Waals surface area contributed by atoms with Crippen molar-refractivity contribution in [2.24, 2.45) is 0 Å². The lowest BCUT2D eigenvalue weighted by Crippen LogP contribution is -2.08. The van der Waals surface area contributed by atoms with E-state index >= 15 is 0 Å². The molecule has 21 heavy (non-hydrogen) atoms. The standard InChI is InChI=1S/C16H19N5/c17-11-14-10-13-4-3-5-15(13)20-16(14)19-6-1-2-8-21-9-7-18-12-21/h7,9-10,12H,1-6,8H2,(H,19,20). The second-order valence-corrected chi connectivity index (χ2v) is 5.39. The number of nitrogens with one attached hydrogen (secondary N) is 1. The molecule has 3 rings (SSSR count). The first-order valence-corrected chi connectivity index (χ1v) is 7.49. The normalized spacial score (nSPS) is 12.9. The van der Waals surface area contributed by atoms with Gasteiger partial charge in [-0.2, -0.15) is 5.26 Å². The molecule has 2 aromatic heterocycles. The second kappa shape index (κ2) is 6.40. The van der Waals surface area contributed by atoms with Gasteiger partial charge in [-0.15, -0.1) is 0 Å². The number of hydrogen-bond acceptors (Lipinski definition) is 4. The Morgan fingerprint density at radius 3 is 3.10 bits per heavy atom. The number of aryl methyl sites for hydroxylation is 3. The van der Waals surface area contributed by atoms with Crippen molar-refractivity contribution in [1.29, 1.82) is 5.26 Å². The smallest absolute Gasteiger partial charge is 0.144 e. The highest BCUT2D eigenvalue weighted by Crippen LogP contribution is 2.24. The van der Waals surface area contributed by atoms with Crippen molar-refractivity contribution in [3.63, 3.8) is 0 Å². The molecular weight excluding hydrogens is 262 g/mol. The Kier molecular flexibility index (Phi) is 4.15. The molecule has 1 aliphatic carbocycles. The Morgan fingerprint density at radius 2 is 2.29 bits per heavy atom. The van der Waals surface area contributed by atoms with Gasteiger partial charge in [-0.05, 0) is 43.7 Å². The van der Waals surface area contributed by atoms with Crippen LogP contribution in [-0.4, -0.2) is 21.1 Å². The molecule has 108 valence electrons. The quantitative estimate of drug-likeness (QED) is 0.826. The van der Waals surface area contributed by atoms with E-state index in [2.05, 4.69) is 25.9 Å². The third-order valence-electron chi connectivity index (χ3n) is 3.87. The zero-order chi connectivity index (χ0) is 14.5. The minimum absolute atomic E-state index is 0.672. The van der Waals surface area contributed by atoms with Crippen molar-refractivity contribution in [3.05, 3.63) is 41.6 Å². The van der Waals surface area contributed by atoms with Crippen LogP contribution in [0.15, 0.2) is 24.8 Å². The minimum Gasteiger partial charge on any atom is -0.369 e. The second-order valence-electron chi connectivity index (χ2n) is 5.39. The zero-order valence-corrected chi connectivity index (χ0v) is 12.0. The third kappa shape index (κ3) is 3.22. The van der Waals surface area contributed by atoms with Crippen LogP contribution in [-0.2, 0) is 19.4 Å². The fourth-order valence-corrected chi connectivity index (χ4v) is 2.74. The van der Waals surface area contributed by atoms with E-state index in [4.69, 9.17) is 0 Å². The van der Waals surface area contributed by atoms with Gasteiger partial charge in [-0.3, -0.25) is 0 Å². The van der Waals surface area contributed by atoms with Gasteiger partial charge in [0.1, 0.15) is 11.9 Å². The number of unbranched alkanes of at least 4 members (excludes halogenated alkanes) is 1. The van der Waals surface area contributed by atoms with Gasteiger partial charge < -0.3 is 9.88 Å². The topological polar surface area (TPSA) is 66.5 Å². The SMILES string of the molecule is N#Cc1cc2c(nc1NCCCCn1ccnc1)CCC2. The summed E-state index contributed by atoms with van der Waals surface area (Å²) in [7, 11) is 0. The Balaban J connectivity index is 1.52. The maximum atomic E-state index is 9.24. The number of hydrogen-bond donors (Lipinski definition) is 1. The van der Waals surface area contributed by atoms with Crippen LogP contribution in [0.1, 0.15) is 36.1 Å². The zero-order valence-electron chi connectivity index (χ0n) is 12.0. The number of nitriles is 1. The van der Waals surface area contributed by atoms with Crippen LogP contribution >= 0.6 is 0 Å². The van der Waals surface area contributed by atoms with Crippen molar-refractivity contribution < 1.29 is 0 Å². The van der Waals surface area contributed by atoms with Crippen LogP contribution in [0.25, 0.3) is 0 Å². The molecule has 0 atom stereocenters. The average molecular weight is 281 g/mol. The summed E-state index contributed by atoms with van der Waals surface area (Å²) in [5.74, 6) is 0.751. The number of fused-ring (bicyclic) bond motifs is 1. The summed E-state index contributed by atoms with van der Waals surface area (Å²) in [6.07, 6.45) is 11.0.